The first-order valence-corrected chi connectivity index (χ1v) is 12.6. The van der Waals surface area contributed by atoms with Gasteiger partial charge in [-0.1, -0.05) is 65.3 Å². The molecule has 6 nitrogen and oxygen atoms in total. The van der Waals surface area contributed by atoms with E-state index in [1.165, 1.54) is 25.1 Å². The summed E-state index contributed by atoms with van der Waals surface area (Å²) in [5.41, 5.74) is 4.92. The Labute approximate surface area is 214 Å². The van der Waals surface area contributed by atoms with Gasteiger partial charge in [-0.2, -0.15) is 5.10 Å². The van der Waals surface area contributed by atoms with Crippen LogP contribution in [0.5, 0.6) is 11.5 Å². The van der Waals surface area contributed by atoms with Crippen molar-refractivity contribution in [2.24, 2.45) is 5.10 Å². The topological polar surface area (TPSA) is 72.8 Å². The molecule has 3 aromatic carbocycles. The third-order valence-corrected chi connectivity index (χ3v) is 7.41. The summed E-state index contributed by atoms with van der Waals surface area (Å²) in [5.74, 6) is 0.810. The maximum absolute atomic E-state index is 12.2. The summed E-state index contributed by atoms with van der Waals surface area (Å²) in [6, 6.07) is 18.7. The number of methoxy groups -OCH3 is 1. The third kappa shape index (κ3) is 6.21. The van der Waals surface area contributed by atoms with Crippen LogP contribution in [0.3, 0.4) is 0 Å². The number of ether oxygens (including phenoxy) is 2. The van der Waals surface area contributed by atoms with Crippen LogP contribution < -0.4 is 14.9 Å². The van der Waals surface area contributed by atoms with Crippen LogP contribution >= 0.6 is 46.3 Å². The summed E-state index contributed by atoms with van der Waals surface area (Å²) in [4.78, 5) is 16.7. The third-order valence-electron chi connectivity index (χ3n) is 4.59. The normalized spacial score (nSPS) is 11.1. The standard InChI is InChI=1S/C24H19Cl2N3O3S2/c1-31-20-11-15(10-18(26)23(20)32-13-16-6-2-3-7-17(16)25)12-27-29-22(30)14-33-24-28-19-8-4-5-9-21(19)34-24/h2-12H,13-14H2,1H3,(H,29,30)/b27-12-. The summed E-state index contributed by atoms with van der Waals surface area (Å²) in [6.07, 6.45) is 1.49. The Morgan fingerprint density at radius 2 is 1.94 bits per heavy atom. The first-order valence-electron chi connectivity index (χ1n) is 10.1. The highest BCUT2D eigenvalue weighted by molar-refractivity contribution is 8.01. The molecule has 0 aliphatic rings. The Morgan fingerprint density at radius 3 is 2.74 bits per heavy atom. The van der Waals surface area contributed by atoms with Crippen molar-refractivity contribution in [3.8, 4) is 11.5 Å². The van der Waals surface area contributed by atoms with Gasteiger partial charge in [0.15, 0.2) is 15.8 Å². The van der Waals surface area contributed by atoms with Crippen LogP contribution in [-0.2, 0) is 11.4 Å². The fraction of sp³-hybridized carbons (Fsp3) is 0.125. The zero-order chi connectivity index (χ0) is 23.9. The van der Waals surface area contributed by atoms with Crippen LogP contribution in [0.1, 0.15) is 11.1 Å². The minimum atomic E-state index is -0.238. The number of nitrogens with zero attached hydrogens (tertiary/aromatic N) is 2. The highest BCUT2D eigenvalue weighted by Gasteiger charge is 2.13. The van der Waals surface area contributed by atoms with E-state index in [4.69, 9.17) is 32.7 Å². The number of para-hydroxylation sites is 1. The lowest BCUT2D eigenvalue weighted by Crippen LogP contribution is -2.19. The average molecular weight is 532 g/mol. The van der Waals surface area contributed by atoms with Gasteiger partial charge in [0.25, 0.3) is 5.91 Å². The lowest BCUT2D eigenvalue weighted by Gasteiger charge is -2.14. The predicted molar refractivity (Wildman–Crippen MR) is 140 cm³/mol. The monoisotopic (exact) mass is 531 g/mol. The fourth-order valence-corrected chi connectivity index (χ4v) is 5.30. The van der Waals surface area contributed by atoms with E-state index < -0.39 is 0 Å². The first-order chi connectivity index (χ1) is 16.5. The molecule has 0 aliphatic heterocycles. The molecule has 1 N–H and O–H groups in total. The summed E-state index contributed by atoms with van der Waals surface area (Å²) >= 11 is 15.5. The highest BCUT2D eigenvalue weighted by Crippen LogP contribution is 2.37. The molecule has 1 aromatic heterocycles. The zero-order valence-electron chi connectivity index (χ0n) is 18.0. The summed E-state index contributed by atoms with van der Waals surface area (Å²) in [6.45, 7) is 0.242. The van der Waals surface area contributed by atoms with E-state index in [0.717, 1.165) is 20.1 Å². The van der Waals surface area contributed by atoms with Gasteiger partial charge >= 0.3 is 0 Å². The van der Waals surface area contributed by atoms with Crippen LogP contribution in [-0.4, -0.2) is 30.0 Å². The number of aromatic nitrogens is 1. The van der Waals surface area contributed by atoms with E-state index in [-0.39, 0.29) is 18.3 Å². The molecule has 0 saturated heterocycles. The Kier molecular flexibility index (Phi) is 8.29. The molecule has 0 unspecified atom stereocenters. The van der Waals surface area contributed by atoms with Gasteiger partial charge in [-0.3, -0.25) is 4.79 Å². The highest BCUT2D eigenvalue weighted by atomic mass is 35.5. The quantitative estimate of drug-likeness (QED) is 0.153. The molecular weight excluding hydrogens is 513 g/mol. The van der Waals surface area contributed by atoms with E-state index >= 15 is 0 Å². The Hall–Kier alpha value is -2.78. The maximum Gasteiger partial charge on any atom is 0.250 e. The SMILES string of the molecule is COc1cc(/C=N\NC(=O)CSc2nc3ccccc3s2)cc(Cl)c1OCc1ccccc1Cl. The van der Waals surface area contributed by atoms with Crippen molar-refractivity contribution in [2.75, 3.05) is 12.9 Å². The van der Waals surface area contributed by atoms with E-state index in [1.54, 1.807) is 29.5 Å². The van der Waals surface area contributed by atoms with E-state index in [0.29, 0.717) is 27.1 Å². The van der Waals surface area contributed by atoms with Crippen molar-refractivity contribution < 1.29 is 14.3 Å². The lowest BCUT2D eigenvalue weighted by molar-refractivity contribution is -0.118. The van der Waals surface area contributed by atoms with Crippen LogP contribution in [0, 0.1) is 0 Å². The van der Waals surface area contributed by atoms with Crippen molar-refractivity contribution in [1.29, 1.82) is 0 Å². The molecule has 0 saturated carbocycles. The van der Waals surface area contributed by atoms with Crippen LogP contribution in [0.4, 0.5) is 0 Å². The Morgan fingerprint density at radius 1 is 1.15 bits per heavy atom. The molecule has 34 heavy (non-hydrogen) atoms. The number of hydrogen-bond acceptors (Lipinski definition) is 7. The number of amides is 1. The van der Waals surface area contributed by atoms with Crippen molar-refractivity contribution in [2.45, 2.75) is 10.9 Å². The second-order valence-corrected chi connectivity index (χ2v) is 10.0. The number of benzene rings is 3. The van der Waals surface area contributed by atoms with E-state index in [1.807, 2.05) is 42.5 Å². The molecule has 10 heteroatoms. The van der Waals surface area contributed by atoms with Gasteiger partial charge in [0.05, 0.1) is 34.3 Å². The molecular formula is C24H19Cl2N3O3S2. The van der Waals surface area contributed by atoms with Crippen molar-refractivity contribution in [3.05, 3.63) is 81.8 Å². The van der Waals surface area contributed by atoms with Gasteiger partial charge in [0, 0.05) is 10.6 Å². The molecule has 174 valence electrons. The predicted octanol–water partition coefficient (Wildman–Crippen LogP) is 6.43. The number of fused-ring (bicyclic) bond motifs is 1. The number of thioether (sulfide) groups is 1. The summed E-state index contributed by atoms with van der Waals surface area (Å²) < 4.78 is 13.2. The van der Waals surface area contributed by atoms with E-state index in [9.17, 15) is 4.79 Å². The number of rotatable bonds is 9. The van der Waals surface area contributed by atoms with Gasteiger partial charge in [-0.05, 0) is 35.9 Å². The average Bonchev–Trinajstić information content (AvgIpc) is 3.26. The number of halogens is 2. The van der Waals surface area contributed by atoms with Gasteiger partial charge in [-0.25, -0.2) is 10.4 Å². The van der Waals surface area contributed by atoms with Crippen molar-refractivity contribution in [1.82, 2.24) is 10.4 Å². The molecule has 4 aromatic rings. The van der Waals surface area contributed by atoms with Gasteiger partial charge in [0.2, 0.25) is 0 Å². The minimum absolute atomic E-state index is 0.204. The number of nitrogens with one attached hydrogen (secondary N) is 1. The molecule has 1 amide bonds. The molecule has 0 aliphatic carbocycles. The molecule has 4 rings (SSSR count). The van der Waals surface area contributed by atoms with Crippen LogP contribution in [0.25, 0.3) is 10.2 Å². The number of thiazole rings is 1. The van der Waals surface area contributed by atoms with Gasteiger partial charge in [0.1, 0.15) is 6.61 Å². The second kappa shape index (κ2) is 11.6. The van der Waals surface area contributed by atoms with Crippen molar-refractivity contribution >= 4 is 68.6 Å². The lowest BCUT2D eigenvalue weighted by atomic mass is 10.2. The first kappa shape index (κ1) is 24.3. The fourth-order valence-electron chi connectivity index (χ4n) is 2.97. The van der Waals surface area contributed by atoms with Crippen LogP contribution in [0.15, 0.2) is 70.1 Å². The van der Waals surface area contributed by atoms with Crippen LogP contribution in [0.2, 0.25) is 10.0 Å². The smallest absolute Gasteiger partial charge is 0.250 e. The van der Waals surface area contributed by atoms with Crippen molar-refractivity contribution in [3.63, 3.8) is 0 Å². The molecule has 0 spiro atoms. The molecule has 0 fully saturated rings. The number of hydrogen-bond donors (Lipinski definition) is 1. The largest absolute Gasteiger partial charge is 0.493 e. The van der Waals surface area contributed by atoms with Gasteiger partial charge < -0.3 is 9.47 Å². The molecule has 0 bridgehead atoms. The summed E-state index contributed by atoms with van der Waals surface area (Å²) in [7, 11) is 1.52. The summed E-state index contributed by atoms with van der Waals surface area (Å²) in [5, 5.41) is 4.98. The van der Waals surface area contributed by atoms with Gasteiger partial charge in [-0.15, -0.1) is 11.3 Å². The molecule has 0 radical (unpaired) electrons. The number of carbonyl (C=O) groups is 1. The Balaban J connectivity index is 1.34. The zero-order valence-corrected chi connectivity index (χ0v) is 21.1. The molecule has 0 atom stereocenters. The second-order valence-electron chi connectivity index (χ2n) is 6.94. The molecule has 1 heterocycles. The number of carbonyl (C=O) groups excluding carboxylic acids is 1. The Bertz CT molecular complexity index is 1310. The van der Waals surface area contributed by atoms with E-state index in [2.05, 4.69) is 15.5 Å². The maximum atomic E-state index is 12.2. The number of hydrazone groups is 1. The minimum Gasteiger partial charge on any atom is -0.493 e.